The summed E-state index contributed by atoms with van der Waals surface area (Å²) in [6.45, 7) is 6.93. The summed E-state index contributed by atoms with van der Waals surface area (Å²) in [5.41, 5.74) is 4.97. The molecule has 2 N–H and O–H groups in total. The largest absolute Gasteiger partial charge is 0.490 e. The Morgan fingerprint density at radius 3 is 2.48 bits per heavy atom. The Kier molecular flexibility index (Phi) is 7.79. The van der Waals surface area contributed by atoms with Crippen LogP contribution < -0.4 is 20.1 Å². The predicted molar refractivity (Wildman–Crippen MR) is 126 cm³/mol. The summed E-state index contributed by atoms with van der Waals surface area (Å²) in [5.74, 6) is 0.926. The fraction of sp³-hybridized carbons (Fsp3) is 0.240. The molecule has 0 bridgehead atoms. The van der Waals surface area contributed by atoms with Gasteiger partial charge in [-0.15, -0.1) is 0 Å². The van der Waals surface area contributed by atoms with Gasteiger partial charge in [0.1, 0.15) is 0 Å². The first-order valence-corrected chi connectivity index (χ1v) is 10.6. The van der Waals surface area contributed by atoms with Crippen LogP contribution in [0.1, 0.15) is 23.6 Å². The van der Waals surface area contributed by atoms with Crippen LogP contribution in [0.25, 0.3) is 0 Å². The van der Waals surface area contributed by atoms with E-state index in [4.69, 9.17) is 21.1 Å². The lowest BCUT2D eigenvalue weighted by Crippen LogP contribution is -2.21. The number of anilines is 2. The zero-order valence-electron chi connectivity index (χ0n) is 18.0. The summed E-state index contributed by atoms with van der Waals surface area (Å²) in [5, 5.41) is 6.95. The molecule has 0 fully saturated rings. The number of benzene rings is 3. The van der Waals surface area contributed by atoms with Crippen molar-refractivity contribution < 1.29 is 14.3 Å². The zero-order valence-corrected chi connectivity index (χ0v) is 18.8. The standard InChI is InChI=1S/C25H27ClN2O3/c1-4-30-24-14-19(15-27-21-11-9-20(26)10-12-21)8-13-23(24)31-16-25(29)28-22-7-5-6-17(2)18(22)3/h5-14,27H,4,15-16H2,1-3H3,(H,28,29). The third-order valence-electron chi connectivity index (χ3n) is 4.89. The lowest BCUT2D eigenvalue weighted by molar-refractivity contribution is -0.118. The Labute approximate surface area is 188 Å². The molecule has 5 nitrogen and oxygen atoms in total. The molecule has 0 saturated heterocycles. The number of carbonyl (C=O) groups excluding carboxylic acids is 1. The van der Waals surface area contributed by atoms with Gasteiger partial charge in [-0.05, 0) is 79.9 Å². The van der Waals surface area contributed by atoms with E-state index in [2.05, 4.69) is 10.6 Å². The fourth-order valence-corrected chi connectivity index (χ4v) is 3.16. The summed E-state index contributed by atoms with van der Waals surface area (Å²) >= 11 is 5.93. The van der Waals surface area contributed by atoms with Gasteiger partial charge in [0.25, 0.3) is 5.91 Å². The van der Waals surface area contributed by atoms with E-state index in [9.17, 15) is 4.79 Å². The number of aryl methyl sites for hydroxylation is 1. The Hall–Kier alpha value is -3.18. The Balaban J connectivity index is 1.61. The molecule has 0 aliphatic carbocycles. The summed E-state index contributed by atoms with van der Waals surface area (Å²) in [6, 6.07) is 19.1. The van der Waals surface area contributed by atoms with Gasteiger partial charge in [0.2, 0.25) is 0 Å². The molecule has 3 aromatic rings. The second-order valence-electron chi connectivity index (χ2n) is 7.16. The van der Waals surface area contributed by atoms with Crippen LogP contribution in [0.5, 0.6) is 11.5 Å². The van der Waals surface area contributed by atoms with Crippen molar-refractivity contribution in [3.8, 4) is 11.5 Å². The van der Waals surface area contributed by atoms with Crippen molar-refractivity contribution in [2.75, 3.05) is 23.8 Å². The lowest BCUT2D eigenvalue weighted by atomic mass is 10.1. The molecule has 0 aliphatic rings. The van der Waals surface area contributed by atoms with Crippen LogP contribution in [0.2, 0.25) is 5.02 Å². The van der Waals surface area contributed by atoms with Gasteiger partial charge in [0, 0.05) is 22.9 Å². The van der Waals surface area contributed by atoms with E-state index in [0.717, 1.165) is 28.1 Å². The number of rotatable bonds is 9. The molecule has 0 saturated carbocycles. The molecule has 3 aromatic carbocycles. The van der Waals surface area contributed by atoms with Crippen LogP contribution in [0.3, 0.4) is 0 Å². The molecule has 0 spiro atoms. The molecule has 0 unspecified atom stereocenters. The zero-order chi connectivity index (χ0) is 22.2. The van der Waals surface area contributed by atoms with Crippen LogP contribution in [-0.2, 0) is 11.3 Å². The minimum absolute atomic E-state index is 0.101. The van der Waals surface area contributed by atoms with E-state index in [0.29, 0.717) is 29.7 Å². The van der Waals surface area contributed by atoms with E-state index in [1.807, 2.05) is 81.4 Å². The molecule has 3 rings (SSSR count). The summed E-state index contributed by atoms with van der Waals surface area (Å²) in [6.07, 6.45) is 0. The maximum absolute atomic E-state index is 12.4. The number of hydrogen-bond donors (Lipinski definition) is 2. The van der Waals surface area contributed by atoms with Crippen molar-refractivity contribution >= 4 is 28.9 Å². The van der Waals surface area contributed by atoms with Crippen molar-refractivity contribution in [1.29, 1.82) is 0 Å². The first kappa shape index (κ1) is 22.5. The van der Waals surface area contributed by atoms with Gasteiger partial charge in [-0.1, -0.05) is 29.8 Å². The molecule has 0 atom stereocenters. The molecular formula is C25H27ClN2O3. The SMILES string of the molecule is CCOc1cc(CNc2ccc(Cl)cc2)ccc1OCC(=O)Nc1cccc(C)c1C. The maximum atomic E-state index is 12.4. The molecule has 0 heterocycles. The van der Waals surface area contributed by atoms with Crippen molar-refractivity contribution in [2.45, 2.75) is 27.3 Å². The number of carbonyl (C=O) groups is 1. The summed E-state index contributed by atoms with van der Waals surface area (Å²) in [4.78, 5) is 12.4. The van der Waals surface area contributed by atoms with Gasteiger partial charge >= 0.3 is 0 Å². The molecule has 0 radical (unpaired) electrons. The molecule has 31 heavy (non-hydrogen) atoms. The third-order valence-corrected chi connectivity index (χ3v) is 5.14. The first-order valence-electron chi connectivity index (χ1n) is 10.2. The van der Waals surface area contributed by atoms with Gasteiger partial charge in [0.15, 0.2) is 18.1 Å². The summed E-state index contributed by atoms with van der Waals surface area (Å²) in [7, 11) is 0. The van der Waals surface area contributed by atoms with Crippen molar-refractivity contribution in [3.05, 3.63) is 82.4 Å². The second-order valence-corrected chi connectivity index (χ2v) is 7.60. The number of hydrogen-bond acceptors (Lipinski definition) is 4. The molecule has 162 valence electrons. The van der Waals surface area contributed by atoms with Gasteiger partial charge in [-0.25, -0.2) is 0 Å². The van der Waals surface area contributed by atoms with Crippen molar-refractivity contribution in [3.63, 3.8) is 0 Å². The smallest absolute Gasteiger partial charge is 0.262 e. The monoisotopic (exact) mass is 438 g/mol. The first-order chi connectivity index (χ1) is 15.0. The number of nitrogens with one attached hydrogen (secondary N) is 2. The van der Waals surface area contributed by atoms with E-state index in [1.54, 1.807) is 0 Å². The Morgan fingerprint density at radius 1 is 0.968 bits per heavy atom. The van der Waals surface area contributed by atoms with Crippen LogP contribution in [-0.4, -0.2) is 19.1 Å². The third kappa shape index (κ3) is 6.40. The lowest BCUT2D eigenvalue weighted by Gasteiger charge is -2.15. The normalized spacial score (nSPS) is 10.5. The van der Waals surface area contributed by atoms with Crippen molar-refractivity contribution in [1.82, 2.24) is 0 Å². The quantitative estimate of drug-likeness (QED) is 0.431. The van der Waals surface area contributed by atoms with Gasteiger partial charge in [0.05, 0.1) is 6.61 Å². The van der Waals surface area contributed by atoms with E-state index < -0.39 is 0 Å². The van der Waals surface area contributed by atoms with Gasteiger partial charge < -0.3 is 20.1 Å². The van der Waals surface area contributed by atoms with Crippen LogP contribution >= 0.6 is 11.6 Å². The fourth-order valence-electron chi connectivity index (χ4n) is 3.04. The van der Waals surface area contributed by atoms with Crippen molar-refractivity contribution in [2.24, 2.45) is 0 Å². The Bertz CT molecular complexity index is 1040. The van der Waals surface area contributed by atoms with Gasteiger partial charge in [-0.3, -0.25) is 4.79 Å². The maximum Gasteiger partial charge on any atom is 0.262 e. The highest BCUT2D eigenvalue weighted by Gasteiger charge is 2.11. The molecule has 6 heteroatoms. The number of amides is 1. The second kappa shape index (κ2) is 10.7. The molecule has 0 aromatic heterocycles. The Morgan fingerprint density at radius 2 is 1.74 bits per heavy atom. The molecule has 1 amide bonds. The molecular weight excluding hydrogens is 412 g/mol. The predicted octanol–water partition coefficient (Wildman–Crippen LogP) is 5.99. The van der Waals surface area contributed by atoms with Crippen LogP contribution in [0.15, 0.2) is 60.7 Å². The highest BCUT2D eigenvalue weighted by Crippen LogP contribution is 2.29. The minimum Gasteiger partial charge on any atom is -0.490 e. The highest BCUT2D eigenvalue weighted by atomic mass is 35.5. The average Bonchev–Trinajstić information content (AvgIpc) is 2.76. The molecule has 0 aliphatic heterocycles. The number of ether oxygens (including phenoxy) is 2. The topological polar surface area (TPSA) is 59.6 Å². The number of halogens is 1. The highest BCUT2D eigenvalue weighted by molar-refractivity contribution is 6.30. The van der Waals surface area contributed by atoms with Crippen LogP contribution in [0, 0.1) is 13.8 Å². The van der Waals surface area contributed by atoms with Crippen LogP contribution in [0.4, 0.5) is 11.4 Å². The summed E-state index contributed by atoms with van der Waals surface area (Å²) < 4.78 is 11.5. The van der Waals surface area contributed by atoms with E-state index >= 15 is 0 Å². The van der Waals surface area contributed by atoms with E-state index in [1.165, 1.54) is 0 Å². The average molecular weight is 439 g/mol. The van der Waals surface area contributed by atoms with Gasteiger partial charge in [-0.2, -0.15) is 0 Å². The van der Waals surface area contributed by atoms with E-state index in [-0.39, 0.29) is 12.5 Å². The minimum atomic E-state index is -0.218.